The summed E-state index contributed by atoms with van der Waals surface area (Å²) in [6.45, 7) is 1.73. The van der Waals surface area contributed by atoms with E-state index in [2.05, 4.69) is 20.2 Å². The van der Waals surface area contributed by atoms with Crippen LogP contribution in [0.15, 0.2) is 59.9 Å². The molecule has 148 valence electrons. The standard InChI is InChI=1S/C20H20N6O2S/c27-29(28,25-11-1-2-12-25)17-5-3-15(4-6-17)18-7-8-21-20-19(18)13-16(24-20)14-26-22-9-10-23-26/h3-10,13H,1-2,11-12,14H2,(H,21,24). The third-order valence-electron chi connectivity index (χ3n) is 5.23. The van der Waals surface area contributed by atoms with Crippen LogP contribution in [0.4, 0.5) is 0 Å². The van der Waals surface area contributed by atoms with Gasteiger partial charge in [-0.2, -0.15) is 19.3 Å². The first-order valence-electron chi connectivity index (χ1n) is 9.52. The number of fused-ring (bicyclic) bond motifs is 1. The predicted molar refractivity (Wildman–Crippen MR) is 109 cm³/mol. The van der Waals surface area contributed by atoms with E-state index in [9.17, 15) is 8.42 Å². The van der Waals surface area contributed by atoms with Crippen molar-refractivity contribution in [1.82, 2.24) is 29.3 Å². The molecule has 1 N–H and O–H groups in total. The van der Waals surface area contributed by atoms with Crippen LogP contribution in [0.3, 0.4) is 0 Å². The van der Waals surface area contributed by atoms with E-state index in [1.54, 1.807) is 39.8 Å². The van der Waals surface area contributed by atoms with Crippen molar-refractivity contribution >= 4 is 21.1 Å². The number of hydrogen-bond donors (Lipinski definition) is 1. The van der Waals surface area contributed by atoms with Gasteiger partial charge in [-0.25, -0.2) is 13.4 Å². The fourth-order valence-electron chi connectivity index (χ4n) is 3.78. The number of rotatable bonds is 5. The minimum atomic E-state index is -3.41. The van der Waals surface area contributed by atoms with Crippen LogP contribution in [0.25, 0.3) is 22.2 Å². The molecule has 1 aliphatic rings. The lowest BCUT2D eigenvalue weighted by atomic mass is 10.0. The highest BCUT2D eigenvalue weighted by Gasteiger charge is 2.27. The summed E-state index contributed by atoms with van der Waals surface area (Å²) in [5, 5.41) is 9.24. The second-order valence-electron chi connectivity index (χ2n) is 7.11. The van der Waals surface area contributed by atoms with E-state index in [1.807, 2.05) is 24.3 Å². The van der Waals surface area contributed by atoms with Crippen molar-refractivity contribution in [1.29, 1.82) is 0 Å². The third-order valence-corrected chi connectivity index (χ3v) is 7.15. The van der Waals surface area contributed by atoms with Crippen LogP contribution in [-0.4, -0.2) is 50.8 Å². The number of nitrogens with one attached hydrogen (secondary N) is 1. The van der Waals surface area contributed by atoms with Crippen molar-refractivity contribution in [3.8, 4) is 11.1 Å². The maximum atomic E-state index is 12.7. The molecule has 0 bridgehead atoms. The lowest BCUT2D eigenvalue weighted by Crippen LogP contribution is -2.27. The highest BCUT2D eigenvalue weighted by atomic mass is 32.2. The molecule has 0 unspecified atom stereocenters. The maximum absolute atomic E-state index is 12.7. The lowest BCUT2D eigenvalue weighted by Gasteiger charge is -2.15. The quantitative estimate of drug-likeness (QED) is 0.548. The first kappa shape index (κ1) is 18.0. The van der Waals surface area contributed by atoms with Gasteiger partial charge in [-0.3, -0.25) is 0 Å². The molecule has 8 nitrogen and oxygen atoms in total. The van der Waals surface area contributed by atoms with Gasteiger partial charge in [0.1, 0.15) is 12.2 Å². The molecule has 0 radical (unpaired) electrons. The zero-order valence-corrected chi connectivity index (χ0v) is 16.5. The molecule has 5 rings (SSSR count). The second-order valence-corrected chi connectivity index (χ2v) is 9.05. The maximum Gasteiger partial charge on any atom is 0.243 e. The van der Waals surface area contributed by atoms with Crippen molar-refractivity contribution in [2.75, 3.05) is 13.1 Å². The van der Waals surface area contributed by atoms with E-state index < -0.39 is 10.0 Å². The number of H-pyrrole nitrogens is 1. The van der Waals surface area contributed by atoms with Gasteiger partial charge in [-0.05, 0) is 48.2 Å². The molecule has 4 aromatic rings. The Morgan fingerprint density at radius 2 is 1.69 bits per heavy atom. The molecule has 1 fully saturated rings. The molecule has 0 atom stereocenters. The second kappa shape index (κ2) is 7.09. The van der Waals surface area contributed by atoms with Gasteiger partial charge in [0.2, 0.25) is 10.0 Å². The fourth-order valence-corrected chi connectivity index (χ4v) is 5.30. The number of sulfonamides is 1. The first-order valence-corrected chi connectivity index (χ1v) is 11.0. The molecule has 29 heavy (non-hydrogen) atoms. The molecule has 0 spiro atoms. The Balaban J connectivity index is 1.48. The van der Waals surface area contributed by atoms with Crippen molar-refractivity contribution < 1.29 is 8.42 Å². The van der Waals surface area contributed by atoms with Crippen LogP contribution in [0.5, 0.6) is 0 Å². The summed E-state index contributed by atoms with van der Waals surface area (Å²) in [5.41, 5.74) is 3.67. The number of aromatic nitrogens is 5. The largest absolute Gasteiger partial charge is 0.341 e. The summed E-state index contributed by atoms with van der Waals surface area (Å²) in [6.07, 6.45) is 6.89. The highest BCUT2D eigenvalue weighted by Crippen LogP contribution is 2.30. The van der Waals surface area contributed by atoms with Gasteiger partial charge in [0.25, 0.3) is 0 Å². The molecule has 3 aromatic heterocycles. The Morgan fingerprint density at radius 1 is 0.966 bits per heavy atom. The van der Waals surface area contributed by atoms with E-state index in [4.69, 9.17) is 0 Å². The Kier molecular flexibility index (Phi) is 4.40. The van der Waals surface area contributed by atoms with Crippen molar-refractivity contribution in [3.05, 3.63) is 60.7 Å². The number of benzene rings is 1. The minimum absolute atomic E-state index is 0.341. The smallest absolute Gasteiger partial charge is 0.243 e. The zero-order chi connectivity index (χ0) is 19.8. The summed E-state index contributed by atoms with van der Waals surface area (Å²) in [4.78, 5) is 9.66. The topological polar surface area (TPSA) is 96.8 Å². The Bertz CT molecular complexity index is 1240. The molecular weight excluding hydrogens is 388 g/mol. The molecule has 9 heteroatoms. The average Bonchev–Trinajstić information content (AvgIpc) is 3.49. The van der Waals surface area contributed by atoms with Crippen molar-refractivity contribution in [3.63, 3.8) is 0 Å². The molecule has 0 saturated carbocycles. The monoisotopic (exact) mass is 408 g/mol. The van der Waals surface area contributed by atoms with Crippen LogP contribution in [-0.2, 0) is 16.6 Å². The van der Waals surface area contributed by atoms with E-state index in [0.29, 0.717) is 24.5 Å². The fraction of sp³-hybridized carbons (Fsp3) is 0.250. The van der Waals surface area contributed by atoms with Crippen LogP contribution >= 0.6 is 0 Å². The van der Waals surface area contributed by atoms with Gasteiger partial charge in [0.05, 0.1) is 17.3 Å². The first-order chi connectivity index (χ1) is 14.1. The summed E-state index contributed by atoms with van der Waals surface area (Å²) < 4.78 is 27.1. The molecule has 1 saturated heterocycles. The van der Waals surface area contributed by atoms with Crippen molar-refractivity contribution in [2.24, 2.45) is 0 Å². The summed E-state index contributed by atoms with van der Waals surface area (Å²) in [7, 11) is -3.41. The van der Waals surface area contributed by atoms with Crippen LogP contribution < -0.4 is 0 Å². The lowest BCUT2D eigenvalue weighted by molar-refractivity contribution is 0.477. The summed E-state index contributed by atoms with van der Waals surface area (Å²) in [5.74, 6) is 0. The molecule has 1 aromatic carbocycles. The van der Waals surface area contributed by atoms with E-state index in [0.717, 1.165) is 40.7 Å². The number of pyridine rings is 1. The Labute approximate surface area is 168 Å². The van der Waals surface area contributed by atoms with Crippen LogP contribution in [0.2, 0.25) is 0 Å². The SMILES string of the molecule is O=S(=O)(c1ccc(-c2ccnc3[nH]c(Cn4nccn4)cc23)cc1)N1CCCC1. The molecule has 0 amide bonds. The van der Waals surface area contributed by atoms with Crippen LogP contribution in [0.1, 0.15) is 18.5 Å². The van der Waals surface area contributed by atoms with Gasteiger partial charge in [-0.15, -0.1) is 0 Å². The zero-order valence-electron chi connectivity index (χ0n) is 15.7. The summed E-state index contributed by atoms with van der Waals surface area (Å²) >= 11 is 0. The minimum Gasteiger partial charge on any atom is -0.341 e. The highest BCUT2D eigenvalue weighted by molar-refractivity contribution is 7.89. The average molecular weight is 408 g/mol. The van der Waals surface area contributed by atoms with E-state index in [1.165, 1.54) is 0 Å². The van der Waals surface area contributed by atoms with Crippen molar-refractivity contribution in [2.45, 2.75) is 24.3 Å². The van der Waals surface area contributed by atoms with Gasteiger partial charge in [-0.1, -0.05) is 12.1 Å². The summed E-state index contributed by atoms with van der Waals surface area (Å²) in [6, 6.07) is 11.1. The number of nitrogens with zero attached hydrogens (tertiary/aromatic N) is 5. The number of aromatic amines is 1. The molecule has 1 aliphatic heterocycles. The Morgan fingerprint density at radius 3 is 2.41 bits per heavy atom. The van der Waals surface area contributed by atoms with Gasteiger partial charge in [0, 0.05) is 30.4 Å². The Hall–Kier alpha value is -3.04. The molecule has 0 aliphatic carbocycles. The van der Waals surface area contributed by atoms with Crippen LogP contribution in [0, 0.1) is 0 Å². The van der Waals surface area contributed by atoms with E-state index in [-0.39, 0.29) is 0 Å². The van der Waals surface area contributed by atoms with Gasteiger partial charge < -0.3 is 4.98 Å². The third kappa shape index (κ3) is 3.32. The normalized spacial score (nSPS) is 15.3. The van der Waals surface area contributed by atoms with E-state index >= 15 is 0 Å². The molecular formula is C20H20N6O2S. The predicted octanol–water partition coefficient (Wildman–Crippen LogP) is 2.65. The van der Waals surface area contributed by atoms with Gasteiger partial charge >= 0.3 is 0 Å². The number of hydrogen-bond acceptors (Lipinski definition) is 5. The molecule has 4 heterocycles. The van der Waals surface area contributed by atoms with Gasteiger partial charge in [0.15, 0.2) is 0 Å².